The third-order valence-electron chi connectivity index (χ3n) is 6.37. The number of Topliss-reactive ketones (excluding diaryl/α,β-unsaturated/α-hetero) is 1. The van der Waals surface area contributed by atoms with Gasteiger partial charge in [-0.05, 0) is 42.6 Å². The Kier molecular flexibility index (Phi) is 8.04. The monoisotopic (exact) mass is 481 g/mol. The maximum atomic E-state index is 13.1. The number of carbonyl (C=O) groups excluding carboxylic acids is 2. The lowest BCUT2D eigenvalue weighted by Gasteiger charge is -2.44. The number of likely N-dealkylation sites (tertiary alicyclic amines) is 1. The fraction of sp³-hybridized carbons (Fsp3) is 0.500. The van der Waals surface area contributed by atoms with Crippen molar-refractivity contribution in [2.24, 2.45) is 0 Å². The highest BCUT2D eigenvalue weighted by Gasteiger charge is 2.50. The van der Waals surface area contributed by atoms with Crippen LogP contribution in [0.25, 0.3) is 0 Å². The van der Waals surface area contributed by atoms with Crippen molar-refractivity contribution in [1.82, 2.24) is 4.90 Å². The molecule has 0 N–H and O–H groups in total. The average Bonchev–Trinajstić information content (AvgIpc) is 2.95. The van der Waals surface area contributed by atoms with Gasteiger partial charge in [-0.25, -0.2) is 4.79 Å². The van der Waals surface area contributed by atoms with E-state index >= 15 is 0 Å². The van der Waals surface area contributed by atoms with E-state index in [1.54, 1.807) is 4.90 Å². The van der Waals surface area contributed by atoms with Crippen molar-refractivity contribution in [1.29, 1.82) is 0 Å². The summed E-state index contributed by atoms with van der Waals surface area (Å²) in [4.78, 5) is 27.1. The Morgan fingerprint density at radius 3 is 1.91 bits per heavy atom. The molecule has 1 fully saturated rings. The lowest BCUT2D eigenvalue weighted by Crippen LogP contribution is -2.67. The SMILES string of the molecule is CC(C)(C)OC(=O)N1CCC(=O)CC[C@H]1CO[Si](c1ccccc1)(c1ccccc1)C(C)(C)C. The van der Waals surface area contributed by atoms with Gasteiger partial charge in [-0.3, -0.25) is 4.79 Å². The van der Waals surface area contributed by atoms with Gasteiger partial charge in [0.15, 0.2) is 0 Å². The Balaban J connectivity index is 2.00. The van der Waals surface area contributed by atoms with Crippen molar-refractivity contribution >= 4 is 30.6 Å². The molecule has 0 unspecified atom stereocenters. The van der Waals surface area contributed by atoms with E-state index in [1.165, 1.54) is 10.4 Å². The smallest absolute Gasteiger partial charge is 0.410 e. The molecule has 0 bridgehead atoms. The summed E-state index contributed by atoms with van der Waals surface area (Å²) in [6.07, 6.45) is 1.01. The second-order valence-corrected chi connectivity index (χ2v) is 15.4. The second-order valence-electron chi connectivity index (χ2n) is 11.1. The minimum absolute atomic E-state index is 0.160. The van der Waals surface area contributed by atoms with Crippen molar-refractivity contribution in [3.63, 3.8) is 0 Å². The number of nitrogens with zero attached hydrogens (tertiary/aromatic N) is 1. The van der Waals surface area contributed by atoms with Gasteiger partial charge in [0.2, 0.25) is 0 Å². The van der Waals surface area contributed by atoms with E-state index in [4.69, 9.17) is 9.16 Å². The maximum absolute atomic E-state index is 13.1. The molecule has 0 radical (unpaired) electrons. The first-order valence-electron chi connectivity index (χ1n) is 12.2. The van der Waals surface area contributed by atoms with Crippen LogP contribution in [0.2, 0.25) is 5.04 Å². The van der Waals surface area contributed by atoms with E-state index < -0.39 is 13.9 Å². The van der Waals surface area contributed by atoms with Gasteiger partial charge in [0.25, 0.3) is 8.32 Å². The Morgan fingerprint density at radius 2 is 1.44 bits per heavy atom. The topological polar surface area (TPSA) is 55.8 Å². The number of ether oxygens (including phenoxy) is 1. The molecule has 1 atom stereocenters. The first-order valence-corrected chi connectivity index (χ1v) is 14.1. The van der Waals surface area contributed by atoms with Crippen LogP contribution in [0, 0.1) is 0 Å². The van der Waals surface area contributed by atoms with E-state index in [0.717, 1.165) is 0 Å². The largest absolute Gasteiger partial charge is 0.444 e. The minimum Gasteiger partial charge on any atom is -0.444 e. The highest BCUT2D eigenvalue weighted by atomic mass is 28.4. The number of benzene rings is 2. The number of amides is 1. The molecule has 3 rings (SSSR count). The molecular formula is C28H39NO4Si. The number of hydrogen-bond donors (Lipinski definition) is 0. The summed E-state index contributed by atoms with van der Waals surface area (Å²) in [6.45, 7) is 13.0. The lowest BCUT2D eigenvalue weighted by molar-refractivity contribution is -0.118. The second kappa shape index (κ2) is 10.4. The molecule has 184 valence electrons. The van der Waals surface area contributed by atoms with E-state index in [0.29, 0.717) is 32.4 Å². The highest BCUT2D eigenvalue weighted by Crippen LogP contribution is 2.37. The lowest BCUT2D eigenvalue weighted by atomic mass is 10.1. The molecule has 34 heavy (non-hydrogen) atoms. The van der Waals surface area contributed by atoms with Crippen molar-refractivity contribution in [3.8, 4) is 0 Å². The highest BCUT2D eigenvalue weighted by molar-refractivity contribution is 6.99. The van der Waals surface area contributed by atoms with Crippen LogP contribution in [0.3, 0.4) is 0 Å². The molecule has 0 spiro atoms. The Labute approximate surface area is 205 Å². The third-order valence-corrected chi connectivity index (χ3v) is 11.4. The summed E-state index contributed by atoms with van der Waals surface area (Å²) in [6, 6.07) is 20.7. The molecule has 1 aliphatic rings. The van der Waals surface area contributed by atoms with Crippen molar-refractivity contribution in [2.75, 3.05) is 13.2 Å². The zero-order valence-corrected chi connectivity index (χ0v) is 22.5. The van der Waals surface area contributed by atoms with Gasteiger partial charge in [-0.15, -0.1) is 0 Å². The van der Waals surface area contributed by atoms with Gasteiger partial charge >= 0.3 is 6.09 Å². The van der Waals surface area contributed by atoms with Gasteiger partial charge in [0.05, 0.1) is 12.6 Å². The predicted octanol–water partition coefficient (Wildman–Crippen LogP) is 4.92. The Bertz CT molecular complexity index is 924. The molecule has 2 aromatic carbocycles. The Morgan fingerprint density at radius 1 is 0.912 bits per heavy atom. The van der Waals surface area contributed by atoms with Gasteiger partial charge in [-0.2, -0.15) is 0 Å². The third kappa shape index (κ3) is 5.97. The first kappa shape index (κ1) is 26.2. The fourth-order valence-corrected chi connectivity index (χ4v) is 9.35. The predicted molar refractivity (Wildman–Crippen MR) is 139 cm³/mol. The summed E-state index contributed by atoms with van der Waals surface area (Å²) in [7, 11) is -2.74. The molecule has 1 saturated heterocycles. The summed E-state index contributed by atoms with van der Waals surface area (Å²) in [5.41, 5.74) is -0.600. The van der Waals surface area contributed by atoms with E-state index in [2.05, 4.69) is 69.3 Å². The maximum Gasteiger partial charge on any atom is 0.410 e. The molecule has 2 aromatic rings. The molecule has 0 aliphatic carbocycles. The minimum atomic E-state index is -2.74. The summed E-state index contributed by atoms with van der Waals surface area (Å²) in [5, 5.41) is 2.23. The molecule has 0 saturated carbocycles. The van der Waals surface area contributed by atoms with Crippen LogP contribution in [-0.2, 0) is 14.0 Å². The molecular weight excluding hydrogens is 442 g/mol. The van der Waals surface area contributed by atoms with E-state index in [-0.39, 0.29) is 23.0 Å². The normalized spacial score (nSPS) is 17.9. The number of carbonyl (C=O) groups is 2. The van der Waals surface area contributed by atoms with Crippen molar-refractivity contribution < 1.29 is 18.8 Å². The van der Waals surface area contributed by atoms with Gasteiger partial charge < -0.3 is 14.1 Å². The molecule has 1 heterocycles. The van der Waals surface area contributed by atoms with Crippen LogP contribution in [0.15, 0.2) is 60.7 Å². The standard InChI is InChI=1S/C28H39NO4Si/c1-27(2,3)33-26(31)29-20-19-23(30)18-17-22(29)21-32-34(28(4,5)6,24-13-9-7-10-14-24)25-15-11-8-12-16-25/h7-16,22H,17-21H2,1-6H3/t22-/m0/s1. The average molecular weight is 482 g/mol. The van der Waals surface area contributed by atoms with Crippen LogP contribution in [0.1, 0.15) is 60.8 Å². The fourth-order valence-electron chi connectivity index (χ4n) is 4.75. The number of hydrogen-bond acceptors (Lipinski definition) is 4. The number of rotatable bonds is 5. The van der Waals surface area contributed by atoms with Crippen LogP contribution in [0.5, 0.6) is 0 Å². The van der Waals surface area contributed by atoms with E-state index in [1.807, 2.05) is 32.9 Å². The van der Waals surface area contributed by atoms with Gasteiger partial charge in [0.1, 0.15) is 11.4 Å². The molecule has 6 heteroatoms. The van der Waals surface area contributed by atoms with Crippen LogP contribution in [0.4, 0.5) is 4.79 Å². The van der Waals surface area contributed by atoms with E-state index in [9.17, 15) is 9.59 Å². The molecule has 0 aromatic heterocycles. The van der Waals surface area contributed by atoms with Crippen LogP contribution in [-0.4, -0.2) is 49.9 Å². The van der Waals surface area contributed by atoms with Crippen molar-refractivity contribution in [3.05, 3.63) is 60.7 Å². The molecule has 5 nitrogen and oxygen atoms in total. The van der Waals surface area contributed by atoms with Gasteiger partial charge in [-0.1, -0.05) is 81.4 Å². The van der Waals surface area contributed by atoms with Crippen LogP contribution >= 0.6 is 0 Å². The summed E-state index contributed by atoms with van der Waals surface area (Å²) >= 11 is 0. The summed E-state index contributed by atoms with van der Waals surface area (Å²) in [5.74, 6) is 0.182. The van der Waals surface area contributed by atoms with Crippen LogP contribution < -0.4 is 10.4 Å². The van der Waals surface area contributed by atoms with Crippen molar-refractivity contribution in [2.45, 2.75) is 77.5 Å². The number of ketones is 1. The zero-order valence-electron chi connectivity index (χ0n) is 21.5. The zero-order chi connectivity index (χ0) is 25.0. The Hall–Kier alpha value is -2.44. The molecule has 1 amide bonds. The first-order chi connectivity index (χ1) is 15.9. The summed E-state index contributed by atoms with van der Waals surface area (Å²) < 4.78 is 12.8. The van der Waals surface area contributed by atoms with Gasteiger partial charge in [0, 0.05) is 19.4 Å². The quantitative estimate of drug-likeness (QED) is 0.569. The molecule has 1 aliphatic heterocycles.